The van der Waals surface area contributed by atoms with E-state index in [9.17, 15) is 18.4 Å². The lowest BCUT2D eigenvalue weighted by molar-refractivity contribution is -0.129. The van der Waals surface area contributed by atoms with E-state index >= 15 is 0 Å². The van der Waals surface area contributed by atoms with Crippen molar-refractivity contribution in [3.8, 4) is 11.8 Å². The molecule has 3 N–H and O–H groups in total. The fraction of sp³-hybridized carbons (Fsp3) is 0.360. The number of primary amides is 1. The van der Waals surface area contributed by atoms with Crippen LogP contribution in [0.15, 0.2) is 31.1 Å². The number of likely N-dealkylation sites (tertiary alicyclic amines) is 1. The summed E-state index contributed by atoms with van der Waals surface area (Å²) in [5.41, 5.74) is 7.90. The van der Waals surface area contributed by atoms with Crippen molar-refractivity contribution in [1.29, 1.82) is 0 Å². The van der Waals surface area contributed by atoms with Crippen LogP contribution in [0.25, 0.3) is 11.0 Å². The molecular formula is C25H24ClF2N7O2. The number of anilines is 1. The Kier molecular flexibility index (Phi) is 6.37. The van der Waals surface area contributed by atoms with E-state index in [1.807, 2.05) is 6.07 Å². The predicted molar refractivity (Wildman–Crippen MR) is 135 cm³/mol. The van der Waals surface area contributed by atoms with Crippen molar-refractivity contribution in [3.63, 3.8) is 0 Å². The molecule has 0 radical (unpaired) electrons. The summed E-state index contributed by atoms with van der Waals surface area (Å²) in [6.07, 6.45) is 2.18. The van der Waals surface area contributed by atoms with E-state index in [1.165, 1.54) is 4.68 Å². The van der Waals surface area contributed by atoms with Crippen LogP contribution in [0.1, 0.15) is 53.0 Å². The molecule has 12 heteroatoms. The molecule has 2 atom stereocenters. The SMILES string of the molecule is C=CC(=O)N1CC(n2nc(C#Cc3cc4ncn(C5CC5)c4cc3Cl)c(C(N)=O)c2NC)C[C@@H]1C(F)F. The van der Waals surface area contributed by atoms with Gasteiger partial charge in [0.1, 0.15) is 11.4 Å². The summed E-state index contributed by atoms with van der Waals surface area (Å²) in [6, 6.07) is 2.08. The molecule has 2 fully saturated rings. The molecule has 2 aromatic heterocycles. The van der Waals surface area contributed by atoms with Crippen LogP contribution in [-0.4, -0.2) is 62.1 Å². The van der Waals surface area contributed by atoms with Gasteiger partial charge in [0, 0.05) is 25.2 Å². The molecule has 3 aromatic rings. The number of amides is 2. The second kappa shape index (κ2) is 9.52. The number of hydrogen-bond donors (Lipinski definition) is 2. The van der Waals surface area contributed by atoms with Crippen molar-refractivity contribution in [2.24, 2.45) is 5.73 Å². The van der Waals surface area contributed by atoms with Gasteiger partial charge in [0.15, 0.2) is 5.69 Å². The number of aromatic nitrogens is 4. The van der Waals surface area contributed by atoms with Gasteiger partial charge in [0.2, 0.25) is 5.91 Å². The Labute approximate surface area is 216 Å². The van der Waals surface area contributed by atoms with Gasteiger partial charge in [-0.05, 0) is 43.4 Å². The summed E-state index contributed by atoms with van der Waals surface area (Å²) in [5, 5.41) is 7.75. The molecule has 9 nitrogen and oxygen atoms in total. The van der Waals surface area contributed by atoms with E-state index < -0.39 is 30.3 Å². The second-order valence-electron chi connectivity index (χ2n) is 9.07. The summed E-state index contributed by atoms with van der Waals surface area (Å²) in [6.45, 7) is 3.36. The lowest BCUT2D eigenvalue weighted by atomic mass is 10.1. The fourth-order valence-electron chi connectivity index (χ4n) is 4.80. The third-order valence-corrected chi connectivity index (χ3v) is 7.04. The zero-order valence-corrected chi connectivity index (χ0v) is 20.7. The zero-order valence-electron chi connectivity index (χ0n) is 19.9. The molecule has 1 unspecified atom stereocenters. The summed E-state index contributed by atoms with van der Waals surface area (Å²) < 4.78 is 30.9. The molecule has 1 aromatic carbocycles. The van der Waals surface area contributed by atoms with Gasteiger partial charge in [-0.15, -0.1) is 0 Å². The third kappa shape index (κ3) is 4.42. The van der Waals surface area contributed by atoms with Crippen LogP contribution in [0, 0.1) is 11.8 Å². The molecule has 0 bridgehead atoms. The van der Waals surface area contributed by atoms with Gasteiger partial charge in [-0.2, -0.15) is 5.10 Å². The van der Waals surface area contributed by atoms with Gasteiger partial charge in [-0.3, -0.25) is 9.59 Å². The zero-order chi connectivity index (χ0) is 26.4. The normalized spacial score (nSPS) is 19.2. The number of rotatable bonds is 6. The van der Waals surface area contributed by atoms with Crippen molar-refractivity contribution < 1.29 is 18.4 Å². The fourth-order valence-corrected chi connectivity index (χ4v) is 5.01. The number of nitrogens with one attached hydrogen (secondary N) is 1. The standard InChI is InChI=1S/C25H24ClF2N7O2/c1-3-21(36)33-11-15(9-20(33)23(27)28)35-25(30-2)22(24(29)37)17(32-35)7-4-13-8-18-19(10-16(13)26)34(12-31-18)14-5-6-14/h3,8,10,12,14-15,20,23,30H,1,5-6,9,11H2,2H3,(H2,29,37)/t15?,20-/m1/s1. The highest BCUT2D eigenvalue weighted by Gasteiger charge is 2.42. The van der Waals surface area contributed by atoms with Gasteiger partial charge < -0.3 is 20.5 Å². The maximum Gasteiger partial charge on any atom is 0.258 e. The largest absolute Gasteiger partial charge is 0.373 e. The minimum absolute atomic E-state index is 0.0207. The van der Waals surface area contributed by atoms with Crippen molar-refractivity contribution >= 4 is 40.3 Å². The smallest absolute Gasteiger partial charge is 0.258 e. The topological polar surface area (TPSA) is 111 Å². The van der Waals surface area contributed by atoms with Crippen LogP contribution < -0.4 is 11.1 Å². The van der Waals surface area contributed by atoms with Crippen LogP contribution in [0.4, 0.5) is 14.6 Å². The molecule has 192 valence electrons. The van der Waals surface area contributed by atoms with Gasteiger partial charge in [-0.25, -0.2) is 18.4 Å². The average Bonchev–Trinajstić information content (AvgIpc) is 3.31. The second-order valence-corrected chi connectivity index (χ2v) is 9.48. The number of nitrogens with two attached hydrogens (primary N) is 1. The van der Waals surface area contributed by atoms with Crippen molar-refractivity contribution in [2.45, 2.75) is 43.8 Å². The van der Waals surface area contributed by atoms with E-state index in [0.29, 0.717) is 16.6 Å². The Hall–Kier alpha value is -3.91. The number of imidazole rings is 1. The maximum absolute atomic E-state index is 13.7. The maximum atomic E-state index is 13.7. The number of benzene rings is 1. The average molecular weight is 528 g/mol. The molecule has 2 aliphatic rings. The molecule has 0 spiro atoms. The van der Waals surface area contributed by atoms with E-state index in [4.69, 9.17) is 17.3 Å². The molecule has 1 saturated carbocycles. The van der Waals surface area contributed by atoms with E-state index in [1.54, 1.807) is 19.4 Å². The van der Waals surface area contributed by atoms with Crippen LogP contribution in [0.5, 0.6) is 0 Å². The number of halogens is 3. The predicted octanol–water partition coefficient (Wildman–Crippen LogP) is 3.35. The lowest BCUT2D eigenvalue weighted by Crippen LogP contribution is -2.38. The first-order valence-electron chi connectivity index (χ1n) is 11.7. The highest BCUT2D eigenvalue weighted by atomic mass is 35.5. The monoisotopic (exact) mass is 527 g/mol. The summed E-state index contributed by atoms with van der Waals surface area (Å²) >= 11 is 6.51. The van der Waals surface area contributed by atoms with Crippen LogP contribution in [0.2, 0.25) is 5.02 Å². The Morgan fingerprint density at radius 2 is 2.05 bits per heavy atom. The van der Waals surface area contributed by atoms with Crippen molar-refractivity contribution in [2.75, 3.05) is 18.9 Å². The number of hydrogen-bond acceptors (Lipinski definition) is 5. The number of alkyl halides is 2. The van der Waals surface area contributed by atoms with E-state index in [2.05, 4.69) is 38.4 Å². The summed E-state index contributed by atoms with van der Waals surface area (Å²) in [4.78, 5) is 30.1. The first-order chi connectivity index (χ1) is 17.7. The molecule has 1 aliphatic heterocycles. The minimum Gasteiger partial charge on any atom is -0.373 e. The van der Waals surface area contributed by atoms with Crippen LogP contribution in [-0.2, 0) is 4.79 Å². The molecular weight excluding hydrogens is 504 g/mol. The summed E-state index contributed by atoms with van der Waals surface area (Å²) in [5.74, 6) is 4.66. The van der Waals surface area contributed by atoms with Gasteiger partial charge in [0.05, 0.1) is 34.5 Å². The van der Waals surface area contributed by atoms with Crippen LogP contribution >= 0.6 is 11.6 Å². The summed E-state index contributed by atoms with van der Waals surface area (Å²) in [7, 11) is 1.56. The molecule has 2 amide bonds. The molecule has 1 aliphatic carbocycles. The highest BCUT2D eigenvalue weighted by Crippen LogP contribution is 2.38. The first-order valence-corrected chi connectivity index (χ1v) is 12.1. The van der Waals surface area contributed by atoms with Crippen molar-refractivity contribution in [3.05, 3.63) is 53.0 Å². The van der Waals surface area contributed by atoms with Gasteiger partial charge in [-0.1, -0.05) is 24.1 Å². The Balaban J connectivity index is 1.53. The number of nitrogens with zero attached hydrogens (tertiary/aromatic N) is 5. The molecule has 37 heavy (non-hydrogen) atoms. The van der Waals surface area contributed by atoms with E-state index in [0.717, 1.165) is 34.9 Å². The quantitative estimate of drug-likeness (QED) is 0.377. The van der Waals surface area contributed by atoms with E-state index in [-0.39, 0.29) is 30.0 Å². The van der Waals surface area contributed by atoms with Gasteiger partial charge in [0.25, 0.3) is 12.3 Å². The number of carbonyl (C=O) groups excluding carboxylic acids is 2. The Morgan fingerprint density at radius 3 is 2.68 bits per heavy atom. The highest BCUT2D eigenvalue weighted by molar-refractivity contribution is 6.32. The number of fused-ring (bicyclic) bond motifs is 1. The molecule has 3 heterocycles. The van der Waals surface area contributed by atoms with Gasteiger partial charge >= 0.3 is 0 Å². The Bertz CT molecular complexity index is 1480. The molecule has 1 saturated heterocycles. The first kappa shape index (κ1) is 24.8. The lowest BCUT2D eigenvalue weighted by Gasteiger charge is -2.21. The number of carbonyl (C=O) groups is 2. The third-order valence-electron chi connectivity index (χ3n) is 6.73. The Morgan fingerprint density at radius 1 is 1.30 bits per heavy atom. The minimum atomic E-state index is -2.75. The van der Waals surface area contributed by atoms with Crippen LogP contribution in [0.3, 0.4) is 0 Å². The molecule has 5 rings (SSSR count). The van der Waals surface area contributed by atoms with Crippen molar-refractivity contribution in [1.82, 2.24) is 24.2 Å².